The molecule has 0 saturated heterocycles. The van der Waals surface area contributed by atoms with E-state index in [1.807, 2.05) is 12.1 Å². The van der Waals surface area contributed by atoms with Crippen LogP contribution in [0.2, 0.25) is 0 Å². The Hall–Kier alpha value is -2.69. The van der Waals surface area contributed by atoms with Gasteiger partial charge in [-0.2, -0.15) is 0 Å². The average molecular weight is 338 g/mol. The van der Waals surface area contributed by atoms with Crippen molar-refractivity contribution in [2.75, 3.05) is 13.2 Å². The second-order valence-corrected chi connectivity index (χ2v) is 6.16. The third-order valence-electron chi connectivity index (χ3n) is 4.35. The summed E-state index contributed by atoms with van der Waals surface area (Å²) in [5.74, 6) is -0.785. The molecule has 25 heavy (non-hydrogen) atoms. The normalized spacial score (nSPS) is 14.0. The first kappa shape index (κ1) is 17.1. The van der Waals surface area contributed by atoms with E-state index in [9.17, 15) is 9.59 Å². The third-order valence-corrected chi connectivity index (χ3v) is 4.35. The fourth-order valence-corrected chi connectivity index (χ4v) is 3.04. The van der Waals surface area contributed by atoms with Gasteiger partial charge in [0.05, 0.1) is 11.1 Å². The number of amides is 1. The van der Waals surface area contributed by atoms with Crippen LogP contribution >= 0.6 is 0 Å². The van der Waals surface area contributed by atoms with Crippen molar-refractivity contribution in [3.05, 3.63) is 53.7 Å². The fourth-order valence-electron chi connectivity index (χ4n) is 3.04. The van der Waals surface area contributed by atoms with Crippen LogP contribution in [0.15, 0.2) is 48.2 Å². The van der Waals surface area contributed by atoms with Crippen LogP contribution in [0.1, 0.15) is 42.5 Å². The van der Waals surface area contributed by atoms with Gasteiger partial charge >= 0.3 is 5.97 Å². The maximum atomic E-state index is 12.2. The summed E-state index contributed by atoms with van der Waals surface area (Å²) < 4.78 is 5.15. The highest BCUT2D eigenvalue weighted by atomic mass is 16.5. The minimum Gasteiger partial charge on any atom is -0.452 e. The number of allylic oxidation sites excluding steroid dienone is 1. The van der Waals surface area contributed by atoms with Crippen LogP contribution < -0.4 is 5.32 Å². The van der Waals surface area contributed by atoms with E-state index in [1.165, 1.54) is 18.4 Å². The van der Waals surface area contributed by atoms with Crippen molar-refractivity contribution in [3.8, 4) is 0 Å². The van der Waals surface area contributed by atoms with Gasteiger partial charge in [0.25, 0.3) is 5.91 Å². The van der Waals surface area contributed by atoms with E-state index < -0.39 is 5.97 Å². The van der Waals surface area contributed by atoms with Gasteiger partial charge in [-0.1, -0.05) is 23.8 Å². The number of nitrogens with zero attached hydrogens (tertiary/aromatic N) is 1. The van der Waals surface area contributed by atoms with E-state index in [-0.39, 0.29) is 12.5 Å². The van der Waals surface area contributed by atoms with E-state index in [2.05, 4.69) is 16.4 Å². The summed E-state index contributed by atoms with van der Waals surface area (Å²) in [7, 11) is 0. The molecule has 3 rings (SSSR count). The van der Waals surface area contributed by atoms with E-state index in [0.29, 0.717) is 12.1 Å². The van der Waals surface area contributed by atoms with Crippen molar-refractivity contribution >= 4 is 22.8 Å². The zero-order valence-corrected chi connectivity index (χ0v) is 14.2. The topological polar surface area (TPSA) is 68.3 Å². The number of carbonyl (C=O) groups is 2. The molecule has 5 heteroatoms. The third kappa shape index (κ3) is 4.66. The van der Waals surface area contributed by atoms with Crippen molar-refractivity contribution < 1.29 is 14.3 Å². The molecule has 130 valence electrons. The summed E-state index contributed by atoms with van der Waals surface area (Å²) in [6.07, 6.45) is 9.57. The van der Waals surface area contributed by atoms with Crippen LogP contribution in [-0.2, 0) is 9.53 Å². The molecule has 0 radical (unpaired) electrons. The molecule has 1 aliphatic rings. The zero-order chi connectivity index (χ0) is 17.5. The maximum absolute atomic E-state index is 12.2. The number of fused-ring (bicyclic) bond motifs is 1. The second kappa shape index (κ2) is 8.42. The van der Waals surface area contributed by atoms with Crippen molar-refractivity contribution in [1.82, 2.24) is 10.3 Å². The monoisotopic (exact) mass is 338 g/mol. The average Bonchev–Trinajstić information content (AvgIpc) is 2.66. The molecule has 2 aromatic rings. The molecule has 0 aliphatic heterocycles. The molecule has 0 spiro atoms. The molecule has 0 fully saturated rings. The molecule has 1 N–H and O–H groups in total. The van der Waals surface area contributed by atoms with Crippen LogP contribution in [0, 0.1) is 0 Å². The van der Waals surface area contributed by atoms with Crippen molar-refractivity contribution in [3.63, 3.8) is 0 Å². The van der Waals surface area contributed by atoms with Crippen molar-refractivity contribution in [1.29, 1.82) is 0 Å². The molecule has 1 aromatic carbocycles. The number of esters is 1. The Morgan fingerprint density at radius 3 is 2.92 bits per heavy atom. The molecule has 5 nitrogen and oxygen atoms in total. The molecule has 1 heterocycles. The van der Waals surface area contributed by atoms with Gasteiger partial charge in [-0.05, 0) is 50.3 Å². The number of hydrogen-bond donors (Lipinski definition) is 1. The summed E-state index contributed by atoms with van der Waals surface area (Å²) >= 11 is 0. The first-order valence-corrected chi connectivity index (χ1v) is 8.69. The number of hydrogen-bond acceptors (Lipinski definition) is 4. The van der Waals surface area contributed by atoms with E-state index >= 15 is 0 Å². The van der Waals surface area contributed by atoms with E-state index in [0.717, 1.165) is 30.2 Å². The minimum atomic E-state index is -0.510. The molecule has 0 atom stereocenters. The number of carbonyl (C=O) groups excluding carboxylic acids is 2. The number of benzene rings is 1. The smallest absolute Gasteiger partial charge is 0.339 e. The lowest BCUT2D eigenvalue weighted by atomic mass is 9.97. The Balaban J connectivity index is 1.48. The summed E-state index contributed by atoms with van der Waals surface area (Å²) in [5, 5.41) is 3.53. The Morgan fingerprint density at radius 1 is 1.16 bits per heavy atom. The highest BCUT2D eigenvalue weighted by Gasteiger charge is 2.13. The number of ether oxygens (including phenoxy) is 1. The van der Waals surface area contributed by atoms with Gasteiger partial charge in [-0.3, -0.25) is 9.78 Å². The Morgan fingerprint density at radius 2 is 2.08 bits per heavy atom. The summed E-state index contributed by atoms with van der Waals surface area (Å²) in [5.41, 5.74) is 2.56. The Labute approximate surface area is 147 Å². The summed E-state index contributed by atoms with van der Waals surface area (Å²) in [6.45, 7) is 0.314. The number of aromatic nitrogens is 1. The van der Waals surface area contributed by atoms with Gasteiger partial charge in [0.1, 0.15) is 0 Å². The standard InChI is InChI=1S/C20H22N2O3/c23-19(22-13-11-15-6-2-1-3-7-15)14-25-20(24)17-8-4-10-18-16(17)9-5-12-21-18/h4-6,8-10,12H,1-3,7,11,13-14H2,(H,22,23). The van der Waals surface area contributed by atoms with Gasteiger partial charge < -0.3 is 10.1 Å². The SMILES string of the molecule is O=C(COC(=O)c1cccc2ncccc12)NCCC1=CCCCC1. The highest BCUT2D eigenvalue weighted by molar-refractivity contribution is 6.03. The molecular weight excluding hydrogens is 316 g/mol. The second-order valence-electron chi connectivity index (χ2n) is 6.16. The molecule has 0 bridgehead atoms. The van der Waals surface area contributed by atoms with Gasteiger partial charge in [0, 0.05) is 18.1 Å². The Kier molecular flexibility index (Phi) is 5.77. The number of pyridine rings is 1. The van der Waals surface area contributed by atoms with Crippen LogP contribution in [-0.4, -0.2) is 30.0 Å². The fraction of sp³-hybridized carbons (Fsp3) is 0.350. The van der Waals surface area contributed by atoms with Gasteiger partial charge in [-0.15, -0.1) is 0 Å². The largest absolute Gasteiger partial charge is 0.452 e. The van der Waals surface area contributed by atoms with Gasteiger partial charge in [0.2, 0.25) is 0 Å². The number of rotatable bonds is 6. The predicted octanol–water partition coefficient (Wildman–Crippen LogP) is 3.40. The van der Waals surface area contributed by atoms with Crippen LogP contribution in [0.25, 0.3) is 10.9 Å². The molecule has 0 unspecified atom stereocenters. The van der Waals surface area contributed by atoms with Gasteiger partial charge in [-0.25, -0.2) is 4.79 Å². The van der Waals surface area contributed by atoms with Crippen LogP contribution in [0.4, 0.5) is 0 Å². The van der Waals surface area contributed by atoms with E-state index in [1.54, 1.807) is 24.4 Å². The van der Waals surface area contributed by atoms with E-state index in [4.69, 9.17) is 4.74 Å². The lowest BCUT2D eigenvalue weighted by Gasteiger charge is -2.13. The maximum Gasteiger partial charge on any atom is 0.339 e. The predicted molar refractivity (Wildman–Crippen MR) is 96.2 cm³/mol. The van der Waals surface area contributed by atoms with Gasteiger partial charge in [0.15, 0.2) is 6.61 Å². The van der Waals surface area contributed by atoms with Crippen molar-refractivity contribution in [2.45, 2.75) is 32.1 Å². The first-order chi connectivity index (χ1) is 12.2. The molecule has 1 aliphatic carbocycles. The number of nitrogens with one attached hydrogen (secondary N) is 1. The molecule has 1 amide bonds. The Bertz CT molecular complexity index is 793. The van der Waals surface area contributed by atoms with Crippen LogP contribution in [0.5, 0.6) is 0 Å². The molecular formula is C20H22N2O3. The lowest BCUT2D eigenvalue weighted by Crippen LogP contribution is -2.29. The summed E-state index contributed by atoms with van der Waals surface area (Å²) in [6, 6.07) is 8.85. The minimum absolute atomic E-state index is 0.269. The molecule has 1 aromatic heterocycles. The highest BCUT2D eigenvalue weighted by Crippen LogP contribution is 2.19. The molecule has 0 saturated carbocycles. The quantitative estimate of drug-likeness (QED) is 0.647. The zero-order valence-electron chi connectivity index (χ0n) is 14.2. The first-order valence-electron chi connectivity index (χ1n) is 8.69. The van der Waals surface area contributed by atoms with Crippen molar-refractivity contribution in [2.24, 2.45) is 0 Å². The lowest BCUT2D eigenvalue weighted by molar-refractivity contribution is -0.124. The summed E-state index contributed by atoms with van der Waals surface area (Å²) in [4.78, 5) is 28.3. The van der Waals surface area contributed by atoms with Crippen LogP contribution in [0.3, 0.4) is 0 Å².